The van der Waals surface area contributed by atoms with E-state index < -0.39 is 5.97 Å². The van der Waals surface area contributed by atoms with Gasteiger partial charge in [-0.1, -0.05) is 0 Å². The van der Waals surface area contributed by atoms with Gasteiger partial charge in [0.2, 0.25) is 5.91 Å². The molecule has 1 saturated heterocycles. The van der Waals surface area contributed by atoms with E-state index in [1.54, 1.807) is 4.90 Å². The zero-order chi connectivity index (χ0) is 14.0. The van der Waals surface area contributed by atoms with Crippen LogP contribution in [0.5, 0.6) is 0 Å². The van der Waals surface area contributed by atoms with Gasteiger partial charge in [0.25, 0.3) is 5.91 Å². The van der Waals surface area contributed by atoms with Crippen LogP contribution >= 0.6 is 11.3 Å². The van der Waals surface area contributed by atoms with Gasteiger partial charge in [0, 0.05) is 24.4 Å². The highest BCUT2D eigenvalue weighted by molar-refractivity contribution is 7.11. The Balaban J connectivity index is 2.01. The number of nitrogens with two attached hydrogens (primary N) is 1. The maximum absolute atomic E-state index is 12.1. The minimum atomic E-state index is -1.15. The average Bonchev–Trinajstić information content (AvgIpc) is 2.87. The monoisotopic (exact) mass is 283 g/mol. The van der Waals surface area contributed by atoms with Crippen LogP contribution in [0.4, 0.5) is 0 Å². The van der Waals surface area contributed by atoms with Gasteiger partial charge in [0.05, 0.1) is 0 Å². The van der Waals surface area contributed by atoms with Crippen molar-refractivity contribution in [3.63, 3.8) is 0 Å². The highest BCUT2D eigenvalue weighted by atomic mass is 32.1. The first-order chi connectivity index (χ1) is 8.99. The summed E-state index contributed by atoms with van der Waals surface area (Å²) >= 11 is 1.01. The molecule has 2 heterocycles. The number of carbonyl (C=O) groups is 3. The molecule has 7 nitrogen and oxygen atoms in total. The van der Waals surface area contributed by atoms with Crippen molar-refractivity contribution in [2.75, 3.05) is 13.1 Å². The minimum Gasteiger partial charge on any atom is -0.476 e. The summed E-state index contributed by atoms with van der Waals surface area (Å²) in [5, 5.41) is 10.3. The number of thiazole rings is 1. The van der Waals surface area contributed by atoms with Gasteiger partial charge in [-0.15, -0.1) is 11.3 Å². The van der Waals surface area contributed by atoms with E-state index in [9.17, 15) is 14.4 Å². The lowest BCUT2D eigenvalue weighted by Gasteiger charge is -2.29. The third-order valence-electron chi connectivity index (χ3n) is 3.09. The molecule has 1 fully saturated rings. The number of hydrogen-bond donors (Lipinski definition) is 2. The Bertz CT molecular complexity index is 520. The first-order valence-corrected chi connectivity index (χ1v) is 6.64. The standard InChI is InChI=1S/C11H13N3O4S/c12-8(15)6-1-3-14(4-2-6)10(16)9-13-7(5-19-9)11(17)18/h5-6H,1-4H2,(H2,12,15)(H,17,18). The smallest absolute Gasteiger partial charge is 0.355 e. The normalized spacial score (nSPS) is 16.3. The topological polar surface area (TPSA) is 114 Å². The maximum atomic E-state index is 12.1. The van der Waals surface area contributed by atoms with Gasteiger partial charge in [-0.25, -0.2) is 9.78 Å². The van der Waals surface area contributed by atoms with E-state index >= 15 is 0 Å². The molecule has 1 aliphatic rings. The molecule has 2 amide bonds. The summed E-state index contributed by atoms with van der Waals surface area (Å²) in [7, 11) is 0. The van der Waals surface area contributed by atoms with Crippen LogP contribution in [0.25, 0.3) is 0 Å². The number of likely N-dealkylation sites (tertiary alicyclic amines) is 1. The Labute approximate surface area is 113 Å². The highest BCUT2D eigenvalue weighted by Gasteiger charge is 2.28. The van der Waals surface area contributed by atoms with Gasteiger partial charge in [-0.05, 0) is 12.8 Å². The fourth-order valence-corrected chi connectivity index (χ4v) is 2.73. The molecule has 0 unspecified atom stereocenters. The summed E-state index contributed by atoms with van der Waals surface area (Å²) < 4.78 is 0. The molecule has 0 spiro atoms. The van der Waals surface area contributed by atoms with Crippen molar-refractivity contribution in [2.24, 2.45) is 11.7 Å². The van der Waals surface area contributed by atoms with Gasteiger partial charge in [-0.3, -0.25) is 9.59 Å². The first kappa shape index (κ1) is 13.5. The van der Waals surface area contributed by atoms with Crippen LogP contribution in [0.3, 0.4) is 0 Å². The summed E-state index contributed by atoms with van der Waals surface area (Å²) in [4.78, 5) is 39.1. The Morgan fingerprint density at radius 2 is 2.00 bits per heavy atom. The van der Waals surface area contributed by atoms with Gasteiger partial charge in [0.15, 0.2) is 10.7 Å². The molecule has 0 aliphatic carbocycles. The number of carboxylic acid groups (broad SMARTS) is 1. The largest absolute Gasteiger partial charge is 0.476 e. The van der Waals surface area contributed by atoms with Crippen LogP contribution in [-0.2, 0) is 4.79 Å². The zero-order valence-corrected chi connectivity index (χ0v) is 10.9. The Hall–Kier alpha value is -1.96. The molecule has 0 bridgehead atoms. The second-order valence-electron chi connectivity index (χ2n) is 4.31. The Kier molecular flexibility index (Phi) is 3.79. The number of rotatable bonds is 3. The van der Waals surface area contributed by atoms with E-state index in [1.165, 1.54) is 5.38 Å². The second-order valence-corrected chi connectivity index (χ2v) is 5.17. The van der Waals surface area contributed by atoms with Crippen LogP contribution in [0, 0.1) is 5.92 Å². The fourth-order valence-electron chi connectivity index (χ4n) is 1.97. The molecule has 1 aromatic rings. The third-order valence-corrected chi connectivity index (χ3v) is 3.92. The summed E-state index contributed by atoms with van der Waals surface area (Å²) in [5.74, 6) is -1.97. The zero-order valence-electron chi connectivity index (χ0n) is 10.0. The number of primary amides is 1. The molecule has 1 aliphatic heterocycles. The molecular weight excluding hydrogens is 270 g/mol. The molecule has 2 rings (SSSR count). The third kappa shape index (κ3) is 2.90. The summed E-state index contributed by atoms with van der Waals surface area (Å²) in [6.07, 6.45) is 1.08. The van der Waals surface area contributed by atoms with Crippen molar-refractivity contribution in [3.05, 3.63) is 16.1 Å². The van der Waals surface area contributed by atoms with E-state index in [-0.39, 0.29) is 28.4 Å². The van der Waals surface area contributed by atoms with Crippen molar-refractivity contribution >= 4 is 29.1 Å². The molecule has 1 aromatic heterocycles. The molecular formula is C11H13N3O4S. The number of hydrogen-bond acceptors (Lipinski definition) is 5. The lowest BCUT2D eigenvalue weighted by molar-refractivity contribution is -0.123. The minimum absolute atomic E-state index is 0.125. The Morgan fingerprint density at radius 1 is 1.37 bits per heavy atom. The van der Waals surface area contributed by atoms with Crippen molar-refractivity contribution in [2.45, 2.75) is 12.8 Å². The quantitative estimate of drug-likeness (QED) is 0.821. The van der Waals surface area contributed by atoms with Crippen molar-refractivity contribution in [3.8, 4) is 0 Å². The SMILES string of the molecule is NC(=O)C1CCN(C(=O)c2nc(C(=O)O)cs2)CC1. The molecule has 0 radical (unpaired) electrons. The molecule has 0 aromatic carbocycles. The lowest BCUT2D eigenvalue weighted by atomic mass is 9.96. The van der Waals surface area contributed by atoms with E-state index in [2.05, 4.69) is 4.98 Å². The number of amides is 2. The molecule has 8 heteroatoms. The van der Waals surface area contributed by atoms with Gasteiger partial charge in [0.1, 0.15) is 0 Å². The maximum Gasteiger partial charge on any atom is 0.355 e. The van der Waals surface area contributed by atoms with E-state index in [1.807, 2.05) is 0 Å². The van der Waals surface area contributed by atoms with Crippen LogP contribution in [-0.4, -0.2) is 45.9 Å². The molecule has 0 saturated carbocycles. The van der Waals surface area contributed by atoms with E-state index in [0.29, 0.717) is 25.9 Å². The van der Waals surface area contributed by atoms with E-state index in [0.717, 1.165) is 11.3 Å². The molecule has 0 atom stereocenters. The van der Waals surface area contributed by atoms with Gasteiger partial charge >= 0.3 is 5.97 Å². The predicted molar refractivity (Wildman–Crippen MR) is 66.9 cm³/mol. The van der Waals surface area contributed by atoms with Gasteiger partial charge < -0.3 is 15.7 Å². The van der Waals surface area contributed by atoms with Crippen molar-refractivity contribution in [1.29, 1.82) is 0 Å². The number of aromatic carboxylic acids is 1. The highest BCUT2D eigenvalue weighted by Crippen LogP contribution is 2.20. The second kappa shape index (κ2) is 5.35. The summed E-state index contributed by atoms with van der Waals surface area (Å²) in [6.45, 7) is 0.878. The molecule has 102 valence electrons. The molecule has 19 heavy (non-hydrogen) atoms. The van der Waals surface area contributed by atoms with Crippen LogP contribution < -0.4 is 5.73 Å². The fraction of sp³-hybridized carbons (Fsp3) is 0.455. The number of piperidine rings is 1. The number of nitrogens with zero attached hydrogens (tertiary/aromatic N) is 2. The van der Waals surface area contributed by atoms with Crippen LogP contribution in [0.2, 0.25) is 0 Å². The summed E-state index contributed by atoms with van der Waals surface area (Å²) in [6, 6.07) is 0. The van der Waals surface area contributed by atoms with E-state index in [4.69, 9.17) is 10.8 Å². The number of aromatic nitrogens is 1. The number of carboxylic acids is 1. The Morgan fingerprint density at radius 3 is 2.47 bits per heavy atom. The predicted octanol–water partition coefficient (Wildman–Crippen LogP) is 0.179. The average molecular weight is 283 g/mol. The van der Waals surface area contributed by atoms with Crippen LogP contribution in [0.1, 0.15) is 33.1 Å². The van der Waals surface area contributed by atoms with Crippen molar-refractivity contribution < 1.29 is 19.5 Å². The molecule has 3 N–H and O–H groups in total. The summed E-state index contributed by atoms with van der Waals surface area (Å²) in [5.41, 5.74) is 5.09. The lowest BCUT2D eigenvalue weighted by Crippen LogP contribution is -2.41. The van der Waals surface area contributed by atoms with Crippen molar-refractivity contribution in [1.82, 2.24) is 9.88 Å². The number of carbonyl (C=O) groups excluding carboxylic acids is 2. The van der Waals surface area contributed by atoms with Gasteiger partial charge in [-0.2, -0.15) is 0 Å². The van der Waals surface area contributed by atoms with Crippen LogP contribution in [0.15, 0.2) is 5.38 Å². The first-order valence-electron chi connectivity index (χ1n) is 5.76.